The second-order valence-electron chi connectivity index (χ2n) is 8.08. The summed E-state index contributed by atoms with van der Waals surface area (Å²) >= 11 is 0. The van der Waals surface area contributed by atoms with Crippen molar-refractivity contribution >= 4 is 28.5 Å². The minimum absolute atomic E-state index is 0.00571. The molecular weight excluding hydrogens is 421 g/mol. The van der Waals surface area contributed by atoms with E-state index in [1.54, 1.807) is 16.9 Å². The second-order valence-corrected chi connectivity index (χ2v) is 8.08. The highest BCUT2D eigenvalue weighted by Crippen LogP contribution is 2.27. The number of benzene rings is 2. The van der Waals surface area contributed by atoms with Crippen LogP contribution in [0, 0.1) is 12.7 Å². The van der Waals surface area contributed by atoms with Gasteiger partial charge in [-0.2, -0.15) is 15.1 Å². The normalized spacial score (nSPS) is 14.2. The van der Waals surface area contributed by atoms with Gasteiger partial charge in [0.15, 0.2) is 5.65 Å². The Morgan fingerprint density at radius 2 is 1.70 bits per heavy atom. The Kier molecular flexibility index (Phi) is 5.78. The van der Waals surface area contributed by atoms with E-state index in [1.807, 2.05) is 48.2 Å². The Labute approximate surface area is 191 Å². The molecule has 5 rings (SSSR count). The number of nitrogens with zero attached hydrogens (tertiary/aromatic N) is 6. The Morgan fingerprint density at radius 1 is 0.970 bits per heavy atom. The number of aryl methyl sites for hydroxylation is 1. The second kappa shape index (κ2) is 9.03. The van der Waals surface area contributed by atoms with Crippen molar-refractivity contribution in [2.24, 2.45) is 0 Å². The zero-order chi connectivity index (χ0) is 22.8. The van der Waals surface area contributed by atoms with Gasteiger partial charge in [-0.05, 0) is 31.2 Å². The number of anilines is 3. The van der Waals surface area contributed by atoms with Crippen LogP contribution in [0.4, 0.5) is 21.8 Å². The largest absolute Gasteiger partial charge is 0.395 e. The number of aromatic nitrogens is 4. The predicted molar refractivity (Wildman–Crippen MR) is 128 cm³/mol. The quantitative estimate of drug-likeness (QED) is 0.470. The average Bonchev–Trinajstić information content (AvgIpc) is 3.28. The molecule has 33 heavy (non-hydrogen) atoms. The van der Waals surface area contributed by atoms with Crippen LogP contribution in [0.1, 0.15) is 5.56 Å². The third-order valence-corrected chi connectivity index (χ3v) is 5.86. The maximum Gasteiger partial charge on any atom is 0.229 e. The zero-order valence-corrected chi connectivity index (χ0v) is 18.4. The molecule has 2 aromatic carbocycles. The molecule has 0 atom stereocenters. The molecule has 1 saturated heterocycles. The van der Waals surface area contributed by atoms with Crippen LogP contribution in [0.25, 0.3) is 16.7 Å². The monoisotopic (exact) mass is 447 g/mol. The molecule has 0 radical (unpaired) electrons. The van der Waals surface area contributed by atoms with Crippen molar-refractivity contribution in [3.8, 4) is 5.69 Å². The SMILES string of the molecule is Cc1ccc(-n2ncc3c(NCCO)nc(N4CCN(c5ccccc5F)CC4)nc32)cc1. The predicted octanol–water partition coefficient (Wildman–Crippen LogP) is 2.99. The first-order chi connectivity index (χ1) is 16.1. The molecule has 9 heteroatoms. The summed E-state index contributed by atoms with van der Waals surface area (Å²) in [5, 5.41) is 17.8. The Bertz CT molecular complexity index is 1250. The molecule has 2 aromatic heterocycles. The summed E-state index contributed by atoms with van der Waals surface area (Å²) < 4.78 is 16.0. The highest BCUT2D eigenvalue weighted by atomic mass is 19.1. The molecule has 8 nitrogen and oxygen atoms in total. The summed E-state index contributed by atoms with van der Waals surface area (Å²) in [5.74, 6) is 1.02. The maximum absolute atomic E-state index is 14.2. The highest BCUT2D eigenvalue weighted by molar-refractivity contribution is 5.88. The number of hydrogen-bond donors (Lipinski definition) is 2. The standard InChI is InChI=1S/C24H26FN7O/c1-17-6-8-18(9-7-17)32-23-19(16-27-32)22(26-10-15-33)28-24(29-23)31-13-11-30(12-14-31)21-5-3-2-4-20(21)25/h2-9,16,33H,10-15H2,1H3,(H,26,28,29). The van der Waals surface area contributed by atoms with Gasteiger partial charge in [-0.15, -0.1) is 0 Å². The fourth-order valence-electron chi connectivity index (χ4n) is 4.08. The van der Waals surface area contributed by atoms with Crippen molar-refractivity contribution < 1.29 is 9.50 Å². The topological polar surface area (TPSA) is 82.3 Å². The third-order valence-electron chi connectivity index (χ3n) is 5.86. The third kappa shape index (κ3) is 4.19. The van der Waals surface area contributed by atoms with Crippen molar-refractivity contribution in [3.63, 3.8) is 0 Å². The van der Waals surface area contributed by atoms with Crippen molar-refractivity contribution in [2.75, 3.05) is 54.4 Å². The van der Waals surface area contributed by atoms with E-state index < -0.39 is 0 Å². The number of aliphatic hydroxyl groups excluding tert-OH is 1. The van der Waals surface area contributed by atoms with Crippen molar-refractivity contribution in [1.29, 1.82) is 0 Å². The number of nitrogens with one attached hydrogen (secondary N) is 1. The van der Waals surface area contributed by atoms with Crippen molar-refractivity contribution in [3.05, 3.63) is 66.1 Å². The van der Waals surface area contributed by atoms with E-state index in [4.69, 9.17) is 9.97 Å². The number of para-hydroxylation sites is 1. The van der Waals surface area contributed by atoms with E-state index in [0.717, 1.165) is 11.1 Å². The minimum atomic E-state index is -0.207. The lowest BCUT2D eigenvalue weighted by molar-refractivity contribution is 0.311. The molecule has 0 spiro atoms. The first-order valence-corrected chi connectivity index (χ1v) is 11.1. The Balaban J connectivity index is 1.47. The summed E-state index contributed by atoms with van der Waals surface area (Å²) in [6, 6.07) is 15.0. The van der Waals surface area contributed by atoms with Gasteiger partial charge >= 0.3 is 0 Å². The van der Waals surface area contributed by atoms with Crippen molar-refractivity contribution in [2.45, 2.75) is 6.92 Å². The summed E-state index contributed by atoms with van der Waals surface area (Å²) in [4.78, 5) is 13.8. The molecule has 0 aliphatic carbocycles. The van der Waals surface area contributed by atoms with Crippen LogP contribution in [0.2, 0.25) is 0 Å². The lowest BCUT2D eigenvalue weighted by Gasteiger charge is -2.36. The van der Waals surface area contributed by atoms with Crippen LogP contribution in [-0.4, -0.2) is 64.2 Å². The van der Waals surface area contributed by atoms with E-state index in [-0.39, 0.29) is 12.4 Å². The van der Waals surface area contributed by atoms with Gasteiger partial charge < -0.3 is 20.2 Å². The number of hydrogen-bond acceptors (Lipinski definition) is 7. The molecule has 0 bridgehead atoms. The van der Waals surface area contributed by atoms with E-state index in [1.165, 1.54) is 11.6 Å². The molecule has 0 amide bonds. The number of halogens is 1. The maximum atomic E-state index is 14.2. The van der Waals surface area contributed by atoms with Crippen LogP contribution < -0.4 is 15.1 Å². The minimum Gasteiger partial charge on any atom is -0.395 e. The molecule has 170 valence electrons. The number of piperazine rings is 1. The summed E-state index contributed by atoms with van der Waals surface area (Å²) in [5.41, 5.74) is 3.40. The molecule has 1 aliphatic heterocycles. The van der Waals surface area contributed by atoms with Gasteiger partial charge in [0.25, 0.3) is 0 Å². The molecule has 4 aromatic rings. The van der Waals surface area contributed by atoms with Crippen LogP contribution in [-0.2, 0) is 0 Å². The molecule has 1 fully saturated rings. The molecule has 0 saturated carbocycles. The highest BCUT2D eigenvalue weighted by Gasteiger charge is 2.23. The van der Waals surface area contributed by atoms with Gasteiger partial charge in [0.05, 0.1) is 29.6 Å². The molecular formula is C24H26FN7O. The smallest absolute Gasteiger partial charge is 0.229 e. The van der Waals surface area contributed by atoms with Gasteiger partial charge in [-0.25, -0.2) is 9.07 Å². The first kappa shape index (κ1) is 21.1. The number of fused-ring (bicyclic) bond motifs is 1. The lowest BCUT2D eigenvalue weighted by Crippen LogP contribution is -2.47. The average molecular weight is 448 g/mol. The Hall–Kier alpha value is -3.72. The summed E-state index contributed by atoms with van der Waals surface area (Å²) in [7, 11) is 0. The van der Waals surface area contributed by atoms with Gasteiger partial charge in [0.1, 0.15) is 11.6 Å². The van der Waals surface area contributed by atoms with Crippen molar-refractivity contribution in [1.82, 2.24) is 19.7 Å². The fourth-order valence-corrected chi connectivity index (χ4v) is 4.08. The summed E-state index contributed by atoms with van der Waals surface area (Å²) in [6.45, 7) is 5.08. The molecule has 2 N–H and O–H groups in total. The zero-order valence-electron chi connectivity index (χ0n) is 18.4. The molecule has 3 heterocycles. The molecule has 1 aliphatic rings. The van der Waals surface area contributed by atoms with E-state index >= 15 is 0 Å². The fraction of sp³-hybridized carbons (Fsp3) is 0.292. The lowest BCUT2D eigenvalue weighted by atomic mass is 10.2. The van der Waals surface area contributed by atoms with Gasteiger partial charge in [0, 0.05) is 32.7 Å². The van der Waals surface area contributed by atoms with Gasteiger partial charge in [0.2, 0.25) is 5.95 Å². The summed E-state index contributed by atoms with van der Waals surface area (Å²) in [6.07, 6.45) is 1.74. The van der Waals surface area contributed by atoms with E-state index in [0.29, 0.717) is 55.8 Å². The first-order valence-electron chi connectivity index (χ1n) is 11.1. The number of aliphatic hydroxyl groups is 1. The van der Waals surface area contributed by atoms with Gasteiger partial charge in [-0.1, -0.05) is 29.8 Å². The van der Waals surface area contributed by atoms with Crippen LogP contribution in [0.3, 0.4) is 0 Å². The van der Waals surface area contributed by atoms with Crippen LogP contribution in [0.15, 0.2) is 54.7 Å². The van der Waals surface area contributed by atoms with Crippen LogP contribution >= 0.6 is 0 Å². The van der Waals surface area contributed by atoms with Gasteiger partial charge in [-0.3, -0.25) is 0 Å². The Morgan fingerprint density at radius 3 is 2.42 bits per heavy atom. The van der Waals surface area contributed by atoms with Crippen LogP contribution in [0.5, 0.6) is 0 Å². The van der Waals surface area contributed by atoms with E-state index in [2.05, 4.69) is 15.3 Å². The van der Waals surface area contributed by atoms with E-state index in [9.17, 15) is 9.50 Å². The molecule has 0 unspecified atom stereocenters. The number of rotatable bonds is 6.